The molecule has 3 aliphatic rings. The Bertz CT molecular complexity index is 1870. The van der Waals surface area contributed by atoms with Crippen LogP contribution in [0.5, 0.6) is 0 Å². The average molecular weight is 601 g/mol. The first-order valence-corrected chi connectivity index (χ1v) is 16.4. The van der Waals surface area contributed by atoms with Crippen molar-refractivity contribution >= 4 is 32.8 Å². The lowest BCUT2D eigenvalue weighted by Crippen LogP contribution is -2.49. The van der Waals surface area contributed by atoms with E-state index in [1.165, 1.54) is 0 Å². The van der Waals surface area contributed by atoms with Crippen LogP contribution in [-0.2, 0) is 21.4 Å². The summed E-state index contributed by atoms with van der Waals surface area (Å²) in [5, 5.41) is 18.8. The van der Waals surface area contributed by atoms with Crippen LogP contribution in [0.15, 0.2) is 53.6 Å². The summed E-state index contributed by atoms with van der Waals surface area (Å²) in [6.07, 6.45) is 5.61. The molecule has 7 rings (SSSR count). The van der Waals surface area contributed by atoms with Crippen LogP contribution < -0.4 is 4.90 Å². The van der Waals surface area contributed by atoms with Gasteiger partial charge in [-0.2, -0.15) is 4.31 Å². The molecule has 224 valence electrons. The van der Waals surface area contributed by atoms with Crippen LogP contribution in [0.3, 0.4) is 0 Å². The van der Waals surface area contributed by atoms with E-state index in [-0.39, 0.29) is 23.4 Å². The molecule has 43 heavy (non-hydrogen) atoms. The van der Waals surface area contributed by atoms with E-state index in [2.05, 4.69) is 27.1 Å². The van der Waals surface area contributed by atoms with Crippen LogP contribution in [-0.4, -0.2) is 62.4 Å². The van der Waals surface area contributed by atoms with Crippen molar-refractivity contribution in [3.05, 3.63) is 76.5 Å². The van der Waals surface area contributed by atoms with Gasteiger partial charge in [-0.05, 0) is 92.5 Å². The zero-order valence-corrected chi connectivity index (χ0v) is 25.5. The van der Waals surface area contributed by atoms with Crippen molar-refractivity contribution in [3.8, 4) is 0 Å². The molecule has 2 fully saturated rings. The normalized spacial score (nSPS) is 22.3. The van der Waals surface area contributed by atoms with Gasteiger partial charge in [0.25, 0.3) is 0 Å². The van der Waals surface area contributed by atoms with Crippen molar-refractivity contribution in [3.63, 3.8) is 0 Å². The predicted octanol–water partition coefficient (Wildman–Crippen LogP) is 4.95. The number of hydrogen-bond acceptors (Lipinski definition) is 7. The summed E-state index contributed by atoms with van der Waals surface area (Å²) in [7, 11) is -3.83. The molecule has 0 spiro atoms. The Hall–Kier alpha value is -3.83. The fraction of sp³-hybridized carbons (Fsp3) is 0.438. The number of fused-ring (bicyclic) bond motifs is 4. The number of aryl methyl sites for hydroxylation is 2. The molecule has 2 aromatic heterocycles. The first-order chi connectivity index (χ1) is 20.6. The van der Waals surface area contributed by atoms with Crippen LogP contribution in [0.4, 0.5) is 5.82 Å². The Balaban J connectivity index is 1.28. The molecule has 4 heterocycles. The van der Waals surface area contributed by atoms with Crippen molar-refractivity contribution < 1.29 is 18.3 Å². The largest absolute Gasteiger partial charge is 0.481 e. The van der Waals surface area contributed by atoms with Crippen LogP contribution in [0.2, 0.25) is 0 Å². The van der Waals surface area contributed by atoms with Gasteiger partial charge in [-0.15, -0.1) is 5.10 Å². The molecule has 1 N–H and O–H groups in total. The van der Waals surface area contributed by atoms with Gasteiger partial charge < -0.3 is 10.0 Å². The van der Waals surface area contributed by atoms with Gasteiger partial charge >= 0.3 is 5.97 Å². The maximum absolute atomic E-state index is 14.1. The van der Waals surface area contributed by atoms with Crippen LogP contribution >= 0.6 is 0 Å². The molecule has 2 aliphatic heterocycles. The number of carboxylic acid groups (broad SMARTS) is 1. The minimum Gasteiger partial charge on any atom is -0.481 e. The lowest BCUT2D eigenvalue weighted by atomic mass is 9.84. The van der Waals surface area contributed by atoms with Crippen LogP contribution in [0, 0.1) is 13.8 Å². The third-order valence-corrected chi connectivity index (χ3v) is 11.4. The minimum atomic E-state index is -3.83. The molecule has 2 atom stereocenters. The molecular formula is C32H36N6O4S. The second-order valence-electron chi connectivity index (χ2n) is 12.6. The molecule has 0 amide bonds. The number of hydrogen-bond donors (Lipinski definition) is 1. The number of pyridine rings is 1. The van der Waals surface area contributed by atoms with Crippen LogP contribution in [0.25, 0.3) is 11.0 Å². The molecule has 4 aromatic rings. The molecular weight excluding hydrogens is 564 g/mol. The summed E-state index contributed by atoms with van der Waals surface area (Å²) >= 11 is 0. The SMILES string of the molecule is Cc1ccc([C@@H](CC(=O)O)c2ccc3c(nnn3C3CC3)c2C)cc1CN1C[C@@]2(C)CCCN2c2ncccc2S1(=O)=O. The summed E-state index contributed by atoms with van der Waals surface area (Å²) in [5.41, 5.74) is 5.86. The second-order valence-corrected chi connectivity index (χ2v) is 14.5. The molecule has 1 saturated carbocycles. The fourth-order valence-corrected chi connectivity index (χ4v) is 8.73. The number of anilines is 1. The van der Waals surface area contributed by atoms with Gasteiger partial charge in [0.1, 0.15) is 16.2 Å². The van der Waals surface area contributed by atoms with Gasteiger partial charge in [-0.3, -0.25) is 4.79 Å². The highest BCUT2D eigenvalue weighted by Gasteiger charge is 2.47. The zero-order chi connectivity index (χ0) is 30.1. The zero-order valence-electron chi connectivity index (χ0n) is 24.7. The van der Waals surface area contributed by atoms with E-state index in [9.17, 15) is 18.3 Å². The Kier molecular flexibility index (Phi) is 6.59. The highest BCUT2D eigenvalue weighted by molar-refractivity contribution is 7.89. The Morgan fingerprint density at radius 3 is 2.74 bits per heavy atom. The summed E-state index contributed by atoms with van der Waals surface area (Å²) in [6.45, 7) is 7.39. The van der Waals surface area contributed by atoms with Gasteiger partial charge in [0.15, 0.2) is 0 Å². The lowest BCUT2D eigenvalue weighted by molar-refractivity contribution is -0.137. The lowest BCUT2D eigenvalue weighted by Gasteiger charge is -2.36. The maximum atomic E-state index is 14.1. The smallest absolute Gasteiger partial charge is 0.304 e. The quantitative estimate of drug-likeness (QED) is 0.316. The van der Waals surface area contributed by atoms with E-state index in [4.69, 9.17) is 0 Å². The second kappa shape index (κ2) is 10.1. The first-order valence-electron chi connectivity index (χ1n) is 15.0. The number of rotatable bonds is 7. The number of aliphatic carboxylic acids is 1. The summed E-state index contributed by atoms with van der Waals surface area (Å²) in [6, 6.07) is 13.7. The van der Waals surface area contributed by atoms with Crippen molar-refractivity contribution in [2.24, 2.45) is 0 Å². The topological polar surface area (TPSA) is 122 Å². The van der Waals surface area contributed by atoms with E-state index in [0.29, 0.717) is 18.4 Å². The van der Waals surface area contributed by atoms with Gasteiger partial charge in [-0.1, -0.05) is 29.5 Å². The minimum absolute atomic E-state index is 0.0975. The van der Waals surface area contributed by atoms with Crippen molar-refractivity contribution in [1.29, 1.82) is 0 Å². The predicted molar refractivity (Wildman–Crippen MR) is 163 cm³/mol. The Labute approximate surface area is 251 Å². The fourth-order valence-electron chi connectivity index (χ4n) is 7.05. The van der Waals surface area contributed by atoms with E-state index >= 15 is 0 Å². The molecule has 1 saturated heterocycles. The van der Waals surface area contributed by atoms with Crippen molar-refractivity contribution in [1.82, 2.24) is 24.3 Å². The summed E-state index contributed by atoms with van der Waals surface area (Å²) < 4.78 is 31.7. The summed E-state index contributed by atoms with van der Waals surface area (Å²) in [4.78, 5) is 19.1. The molecule has 11 heteroatoms. The number of sulfonamides is 1. The number of benzene rings is 2. The molecule has 10 nitrogen and oxygen atoms in total. The first kappa shape index (κ1) is 28.0. The maximum Gasteiger partial charge on any atom is 0.304 e. The standard InChI is InChI=1S/C32H36N6O4S/c1-20-7-8-22(26(17-29(39)40)25-11-12-27-30(21(25)2)34-35-38(27)24-9-10-24)16-23(20)18-36-19-32(3)13-5-15-37(32)31-28(43(36,41)42)6-4-14-33-31/h4,6-8,11-12,14,16,24,26H,5,9-10,13,15,17-19H2,1-3H3,(H,39,40)/t26-,32-/m1/s1. The van der Waals surface area contributed by atoms with E-state index < -0.39 is 21.9 Å². The molecule has 0 radical (unpaired) electrons. The molecule has 0 unspecified atom stereocenters. The number of carbonyl (C=O) groups is 1. The van der Waals surface area contributed by atoms with Gasteiger partial charge in [0.05, 0.1) is 23.5 Å². The molecule has 1 aliphatic carbocycles. The number of nitrogens with zero attached hydrogens (tertiary/aromatic N) is 6. The highest BCUT2D eigenvalue weighted by atomic mass is 32.2. The number of aromatic nitrogens is 4. The molecule has 2 aromatic carbocycles. The van der Waals surface area contributed by atoms with E-state index in [0.717, 1.165) is 71.1 Å². The summed E-state index contributed by atoms with van der Waals surface area (Å²) in [5.74, 6) is -0.802. The van der Waals surface area contributed by atoms with E-state index in [1.54, 1.807) is 22.6 Å². The van der Waals surface area contributed by atoms with Gasteiger partial charge in [0, 0.05) is 31.7 Å². The third-order valence-electron chi connectivity index (χ3n) is 9.60. The third kappa shape index (κ3) is 4.69. The van der Waals surface area contributed by atoms with Crippen molar-refractivity contribution in [2.45, 2.75) is 81.8 Å². The molecule has 0 bridgehead atoms. The monoisotopic (exact) mass is 600 g/mol. The Morgan fingerprint density at radius 1 is 1.16 bits per heavy atom. The Morgan fingerprint density at radius 2 is 1.98 bits per heavy atom. The average Bonchev–Trinajstić information content (AvgIpc) is 3.62. The van der Waals surface area contributed by atoms with E-state index in [1.807, 2.05) is 48.9 Å². The van der Waals surface area contributed by atoms with Gasteiger partial charge in [-0.25, -0.2) is 18.1 Å². The number of carboxylic acids is 1. The van der Waals surface area contributed by atoms with Crippen molar-refractivity contribution in [2.75, 3.05) is 18.0 Å². The van der Waals surface area contributed by atoms with Crippen LogP contribution in [0.1, 0.15) is 78.8 Å². The highest BCUT2D eigenvalue weighted by Crippen LogP contribution is 2.43. The van der Waals surface area contributed by atoms with Gasteiger partial charge in [0.2, 0.25) is 10.0 Å².